The molecule has 0 radical (unpaired) electrons. The number of likely N-dealkylation sites (N-methyl/N-ethyl adjacent to an activating group) is 1. The molecule has 2 atom stereocenters. The first-order valence-electron chi connectivity index (χ1n) is 7.34. The summed E-state index contributed by atoms with van der Waals surface area (Å²) >= 11 is 5.97. The van der Waals surface area contributed by atoms with E-state index in [-0.39, 0.29) is 23.8 Å². The van der Waals surface area contributed by atoms with E-state index in [2.05, 4.69) is 10.9 Å². The number of hydrazine groups is 1. The van der Waals surface area contributed by atoms with Gasteiger partial charge in [0.15, 0.2) is 0 Å². The Morgan fingerprint density at radius 1 is 1.22 bits per heavy atom. The quantitative estimate of drug-likeness (QED) is 0.907. The van der Waals surface area contributed by atoms with Crippen LogP contribution in [0, 0.1) is 5.82 Å². The predicted octanol–water partition coefficient (Wildman–Crippen LogP) is 3.05. The van der Waals surface area contributed by atoms with Gasteiger partial charge in [-0.25, -0.2) is 15.2 Å². The van der Waals surface area contributed by atoms with E-state index in [1.807, 2.05) is 12.1 Å². The number of nitrogens with one attached hydrogen (secondary N) is 2. The molecule has 0 saturated carbocycles. The van der Waals surface area contributed by atoms with Crippen LogP contribution in [0.4, 0.5) is 10.1 Å². The third-order valence-corrected chi connectivity index (χ3v) is 4.23. The Hall–Kier alpha value is -1.95. The standard InChI is InChI=1S/C17H17ClFN3O/c1-22(14-4-2-3-12(18)9-14)17(23)16-10-15(20-21-16)11-5-7-13(19)8-6-11/h2-9,15-16,20-21H,10H2,1H3. The van der Waals surface area contributed by atoms with Crippen LogP contribution >= 0.6 is 11.6 Å². The van der Waals surface area contributed by atoms with Crippen molar-refractivity contribution in [2.45, 2.75) is 18.5 Å². The van der Waals surface area contributed by atoms with Crippen molar-refractivity contribution in [2.75, 3.05) is 11.9 Å². The average molecular weight is 334 g/mol. The topological polar surface area (TPSA) is 44.4 Å². The van der Waals surface area contributed by atoms with Gasteiger partial charge in [-0.1, -0.05) is 29.8 Å². The Kier molecular flexibility index (Phi) is 4.61. The zero-order valence-corrected chi connectivity index (χ0v) is 13.3. The van der Waals surface area contributed by atoms with Crippen LogP contribution in [0.3, 0.4) is 0 Å². The van der Waals surface area contributed by atoms with Gasteiger partial charge in [0, 0.05) is 23.8 Å². The minimum absolute atomic E-state index is 0.0303. The maximum absolute atomic E-state index is 13.0. The number of hydrogen-bond acceptors (Lipinski definition) is 3. The van der Waals surface area contributed by atoms with Crippen molar-refractivity contribution in [3.8, 4) is 0 Å². The third kappa shape index (κ3) is 3.52. The van der Waals surface area contributed by atoms with Crippen LogP contribution in [-0.4, -0.2) is 19.0 Å². The molecule has 2 aromatic carbocycles. The highest BCUT2D eigenvalue weighted by Crippen LogP contribution is 2.25. The summed E-state index contributed by atoms with van der Waals surface area (Å²) in [5.41, 5.74) is 7.80. The van der Waals surface area contributed by atoms with Crippen molar-refractivity contribution in [1.29, 1.82) is 0 Å². The summed E-state index contributed by atoms with van der Waals surface area (Å²) in [7, 11) is 1.72. The Bertz CT molecular complexity index is 707. The monoisotopic (exact) mass is 333 g/mol. The molecule has 1 amide bonds. The molecule has 3 rings (SSSR count). The van der Waals surface area contributed by atoms with Gasteiger partial charge in [0.2, 0.25) is 5.91 Å². The number of halogens is 2. The molecule has 6 heteroatoms. The van der Waals surface area contributed by atoms with E-state index in [1.54, 1.807) is 36.2 Å². The van der Waals surface area contributed by atoms with E-state index in [9.17, 15) is 9.18 Å². The van der Waals surface area contributed by atoms with Crippen LogP contribution in [0.15, 0.2) is 48.5 Å². The lowest BCUT2D eigenvalue weighted by atomic mass is 10.0. The highest BCUT2D eigenvalue weighted by Gasteiger charge is 2.32. The van der Waals surface area contributed by atoms with Gasteiger partial charge in [0.1, 0.15) is 11.9 Å². The molecule has 1 heterocycles. The molecule has 0 aliphatic carbocycles. The molecule has 120 valence electrons. The molecule has 0 bridgehead atoms. The molecule has 1 aliphatic heterocycles. The number of hydrogen-bond donors (Lipinski definition) is 2. The van der Waals surface area contributed by atoms with Gasteiger partial charge in [-0.15, -0.1) is 0 Å². The highest BCUT2D eigenvalue weighted by molar-refractivity contribution is 6.30. The van der Waals surface area contributed by atoms with E-state index in [4.69, 9.17) is 11.6 Å². The molecule has 2 N–H and O–H groups in total. The van der Waals surface area contributed by atoms with Gasteiger partial charge in [0.05, 0.1) is 0 Å². The molecule has 23 heavy (non-hydrogen) atoms. The summed E-state index contributed by atoms with van der Waals surface area (Å²) in [6, 6.07) is 13.1. The summed E-state index contributed by atoms with van der Waals surface area (Å²) in [5.74, 6) is -0.322. The SMILES string of the molecule is CN(C(=O)C1CC(c2ccc(F)cc2)NN1)c1cccc(Cl)c1. The molecular weight excluding hydrogens is 317 g/mol. The van der Waals surface area contributed by atoms with Gasteiger partial charge >= 0.3 is 0 Å². The molecule has 0 spiro atoms. The van der Waals surface area contributed by atoms with Crippen LogP contribution in [0.5, 0.6) is 0 Å². The summed E-state index contributed by atoms with van der Waals surface area (Å²) in [5, 5.41) is 0.587. The van der Waals surface area contributed by atoms with Crippen molar-refractivity contribution >= 4 is 23.2 Å². The number of benzene rings is 2. The first-order chi connectivity index (χ1) is 11.0. The van der Waals surface area contributed by atoms with Gasteiger partial charge in [-0.2, -0.15) is 0 Å². The molecule has 1 fully saturated rings. The van der Waals surface area contributed by atoms with Gasteiger partial charge in [0.25, 0.3) is 0 Å². The number of nitrogens with zero attached hydrogens (tertiary/aromatic N) is 1. The second-order valence-electron chi connectivity index (χ2n) is 5.56. The summed E-state index contributed by atoms with van der Waals surface area (Å²) < 4.78 is 13.0. The third-order valence-electron chi connectivity index (χ3n) is 4.00. The number of amides is 1. The maximum atomic E-state index is 13.0. The molecule has 1 aliphatic rings. The predicted molar refractivity (Wildman–Crippen MR) is 88.7 cm³/mol. The summed E-state index contributed by atoms with van der Waals surface area (Å²) in [6.45, 7) is 0. The number of anilines is 1. The zero-order chi connectivity index (χ0) is 16.4. The smallest absolute Gasteiger partial charge is 0.245 e. The zero-order valence-electron chi connectivity index (χ0n) is 12.6. The molecule has 0 aromatic heterocycles. The first-order valence-corrected chi connectivity index (χ1v) is 7.72. The van der Waals surface area contributed by atoms with E-state index in [0.717, 1.165) is 11.3 Å². The largest absolute Gasteiger partial charge is 0.314 e. The number of carbonyl (C=O) groups is 1. The van der Waals surface area contributed by atoms with Crippen LogP contribution in [0.25, 0.3) is 0 Å². The highest BCUT2D eigenvalue weighted by atomic mass is 35.5. The van der Waals surface area contributed by atoms with Crippen molar-refractivity contribution < 1.29 is 9.18 Å². The lowest BCUT2D eigenvalue weighted by molar-refractivity contribution is -0.120. The Balaban J connectivity index is 1.68. The summed E-state index contributed by atoms with van der Waals surface area (Å²) in [6.07, 6.45) is 0.593. The molecule has 2 unspecified atom stereocenters. The molecule has 4 nitrogen and oxygen atoms in total. The minimum Gasteiger partial charge on any atom is -0.314 e. The minimum atomic E-state index is -0.353. The lowest BCUT2D eigenvalue weighted by Crippen LogP contribution is -2.44. The second-order valence-corrected chi connectivity index (χ2v) is 5.99. The number of rotatable bonds is 3. The fourth-order valence-electron chi connectivity index (χ4n) is 2.68. The van der Waals surface area contributed by atoms with Crippen LogP contribution in [-0.2, 0) is 4.79 Å². The normalized spacial score (nSPS) is 20.5. The second kappa shape index (κ2) is 6.66. The van der Waals surface area contributed by atoms with Crippen molar-refractivity contribution in [3.05, 3.63) is 64.9 Å². The van der Waals surface area contributed by atoms with Crippen LogP contribution < -0.4 is 15.8 Å². The molecule has 1 saturated heterocycles. The van der Waals surface area contributed by atoms with Gasteiger partial charge in [-0.3, -0.25) is 4.79 Å². The van der Waals surface area contributed by atoms with Crippen molar-refractivity contribution in [1.82, 2.24) is 10.9 Å². The molecule has 2 aromatic rings. The van der Waals surface area contributed by atoms with E-state index in [1.165, 1.54) is 12.1 Å². The van der Waals surface area contributed by atoms with Gasteiger partial charge in [-0.05, 0) is 42.3 Å². The van der Waals surface area contributed by atoms with Crippen LogP contribution in [0.1, 0.15) is 18.0 Å². The average Bonchev–Trinajstić information content (AvgIpc) is 3.04. The Labute approximate surface area is 139 Å². The van der Waals surface area contributed by atoms with Crippen molar-refractivity contribution in [2.24, 2.45) is 0 Å². The Morgan fingerprint density at radius 3 is 2.65 bits per heavy atom. The lowest BCUT2D eigenvalue weighted by Gasteiger charge is -2.21. The Morgan fingerprint density at radius 2 is 1.96 bits per heavy atom. The molecular formula is C17H17ClFN3O. The van der Waals surface area contributed by atoms with Crippen LogP contribution in [0.2, 0.25) is 5.02 Å². The fraction of sp³-hybridized carbons (Fsp3) is 0.235. The van der Waals surface area contributed by atoms with E-state index in [0.29, 0.717) is 11.4 Å². The van der Waals surface area contributed by atoms with Gasteiger partial charge < -0.3 is 4.90 Å². The number of carbonyl (C=O) groups excluding carboxylic acids is 1. The summed E-state index contributed by atoms with van der Waals surface area (Å²) in [4.78, 5) is 14.2. The maximum Gasteiger partial charge on any atom is 0.245 e. The first kappa shape index (κ1) is 15.9. The van der Waals surface area contributed by atoms with E-state index < -0.39 is 0 Å². The van der Waals surface area contributed by atoms with Crippen molar-refractivity contribution in [3.63, 3.8) is 0 Å². The van der Waals surface area contributed by atoms with E-state index >= 15 is 0 Å². The fourth-order valence-corrected chi connectivity index (χ4v) is 2.86.